The molecule has 3 rings (SSSR count). The number of fused-ring (bicyclic) bond motifs is 1. The van der Waals surface area contributed by atoms with E-state index in [4.69, 9.17) is 0 Å². The summed E-state index contributed by atoms with van der Waals surface area (Å²) in [5.74, 6) is 1.51. The summed E-state index contributed by atoms with van der Waals surface area (Å²) in [6, 6.07) is 10.9. The van der Waals surface area contributed by atoms with Gasteiger partial charge < -0.3 is 5.11 Å². The van der Waals surface area contributed by atoms with Crippen molar-refractivity contribution in [2.45, 2.75) is 6.42 Å². The van der Waals surface area contributed by atoms with Crippen molar-refractivity contribution in [2.24, 2.45) is 5.10 Å². The van der Waals surface area contributed by atoms with Gasteiger partial charge in [-0.25, -0.2) is 5.43 Å². The number of thioether (sulfide) groups is 1. The van der Waals surface area contributed by atoms with Crippen LogP contribution in [0.25, 0.3) is 10.8 Å². The fourth-order valence-electron chi connectivity index (χ4n) is 2.14. The van der Waals surface area contributed by atoms with Crippen molar-refractivity contribution < 1.29 is 9.90 Å². The molecule has 0 spiro atoms. The number of nitrogens with one attached hydrogen (secondary N) is 1. The van der Waals surface area contributed by atoms with Gasteiger partial charge in [-0.05, 0) is 35.1 Å². The summed E-state index contributed by atoms with van der Waals surface area (Å²) in [6.07, 6.45) is 0.911. The molecule has 2 aromatic carbocycles. The highest BCUT2D eigenvalue weighted by molar-refractivity contribution is 8.00. The SMILES string of the molecule is O=C(N/N=C1/CCSC1)c1cc2ccccc2cc1O. The van der Waals surface area contributed by atoms with Crippen LogP contribution in [-0.4, -0.2) is 28.2 Å². The molecular formula is C15H14N2O2S. The molecule has 2 N–H and O–H groups in total. The maximum Gasteiger partial charge on any atom is 0.275 e. The highest BCUT2D eigenvalue weighted by atomic mass is 32.2. The van der Waals surface area contributed by atoms with Crippen LogP contribution < -0.4 is 5.43 Å². The monoisotopic (exact) mass is 286 g/mol. The van der Waals surface area contributed by atoms with Crippen LogP contribution in [0.15, 0.2) is 41.5 Å². The largest absolute Gasteiger partial charge is 0.507 e. The molecule has 0 aromatic heterocycles. The maximum atomic E-state index is 12.1. The number of carbonyl (C=O) groups excluding carboxylic acids is 1. The third-order valence-corrected chi connectivity index (χ3v) is 4.26. The van der Waals surface area contributed by atoms with Crippen LogP contribution in [0.5, 0.6) is 5.75 Å². The Morgan fingerprint density at radius 3 is 2.70 bits per heavy atom. The summed E-state index contributed by atoms with van der Waals surface area (Å²) >= 11 is 1.80. The van der Waals surface area contributed by atoms with E-state index in [2.05, 4.69) is 10.5 Å². The third kappa shape index (κ3) is 2.63. The molecular weight excluding hydrogens is 272 g/mol. The van der Waals surface area contributed by atoms with Crippen molar-refractivity contribution in [3.8, 4) is 5.75 Å². The van der Waals surface area contributed by atoms with Crippen molar-refractivity contribution >= 4 is 34.2 Å². The zero-order chi connectivity index (χ0) is 13.9. The first kappa shape index (κ1) is 13.0. The number of nitrogens with zero attached hydrogens (tertiary/aromatic N) is 1. The molecule has 0 unspecified atom stereocenters. The van der Waals surface area contributed by atoms with Gasteiger partial charge in [0.25, 0.3) is 5.91 Å². The fourth-order valence-corrected chi connectivity index (χ4v) is 3.11. The number of phenols is 1. The number of benzene rings is 2. The Bertz CT molecular complexity index is 689. The highest BCUT2D eigenvalue weighted by Crippen LogP contribution is 2.24. The first-order valence-corrected chi connectivity index (χ1v) is 7.55. The van der Waals surface area contributed by atoms with Gasteiger partial charge in [-0.15, -0.1) is 0 Å². The lowest BCUT2D eigenvalue weighted by Crippen LogP contribution is -2.19. The van der Waals surface area contributed by atoms with Gasteiger partial charge in [0.05, 0.1) is 5.56 Å². The number of hydrazone groups is 1. The molecule has 0 bridgehead atoms. The molecule has 1 aliphatic heterocycles. The van der Waals surface area contributed by atoms with E-state index in [0.717, 1.165) is 34.4 Å². The molecule has 0 radical (unpaired) electrons. The minimum absolute atomic E-state index is 0.0257. The lowest BCUT2D eigenvalue weighted by Gasteiger charge is -2.06. The fraction of sp³-hybridized carbons (Fsp3) is 0.200. The van der Waals surface area contributed by atoms with E-state index in [0.29, 0.717) is 0 Å². The molecule has 2 aromatic rings. The van der Waals surface area contributed by atoms with E-state index in [1.54, 1.807) is 23.9 Å². The first-order chi connectivity index (χ1) is 9.74. The number of rotatable bonds is 2. The molecule has 102 valence electrons. The van der Waals surface area contributed by atoms with Crippen LogP contribution in [0.2, 0.25) is 0 Å². The topological polar surface area (TPSA) is 61.7 Å². The third-order valence-electron chi connectivity index (χ3n) is 3.23. The molecule has 1 saturated heterocycles. The summed E-state index contributed by atoms with van der Waals surface area (Å²) in [5.41, 5.74) is 3.76. The van der Waals surface area contributed by atoms with E-state index in [1.165, 1.54) is 0 Å². The maximum absolute atomic E-state index is 12.1. The molecule has 20 heavy (non-hydrogen) atoms. The quantitative estimate of drug-likeness (QED) is 0.834. The molecule has 0 atom stereocenters. The van der Waals surface area contributed by atoms with Crippen molar-refractivity contribution in [3.63, 3.8) is 0 Å². The van der Waals surface area contributed by atoms with E-state index in [1.807, 2.05) is 24.3 Å². The number of aromatic hydroxyl groups is 1. The van der Waals surface area contributed by atoms with Crippen LogP contribution in [0, 0.1) is 0 Å². The van der Waals surface area contributed by atoms with E-state index in [-0.39, 0.29) is 17.2 Å². The number of hydrogen-bond donors (Lipinski definition) is 2. The van der Waals surface area contributed by atoms with Gasteiger partial charge in [0.15, 0.2) is 0 Å². The van der Waals surface area contributed by atoms with E-state index < -0.39 is 0 Å². The molecule has 0 aliphatic carbocycles. The van der Waals surface area contributed by atoms with Crippen molar-refractivity contribution in [3.05, 3.63) is 42.0 Å². The predicted octanol–water partition coefficient (Wildman–Crippen LogP) is 2.77. The number of amides is 1. The number of carbonyl (C=O) groups is 1. The Labute approximate surface area is 120 Å². The van der Waals surface area contributed by atoms with Crippen LogP contribution in [-0.2, 0) is 0 Å². The molecule has 1 amide bonds. The van der Waals surface area contributed by atoms with E-state index in [9.17, 15) is 9.90 Å². The van der Waals surface area contributed by atoms with Crippen LogP contribution in [0.1, 0.15) is 16.8 Å². The molecule has 5 heteroatoms. The Balaban J connectivity index is 1.87. The lowest BCUT2D eigenvalue weighted by atomic mass is 10.1. The Hall–Kier alpha value is -2.01. The standard InChI is InChI=1S/C15H14N2O2S/c18-14-8-11-4-2-1-3-10(11)7-13(14)15(19)17-16-12-5-6-20-9-12/h1-4,7-8,18H,5-6,9H2,(H,17,19)/b16-12-. The summed E-state index contributed by atoms with van der Waals surface area (Å²) in [4.78, 5) is 12.1. The summed E-state index contributed by atoms with van der Waals surface area (Å²) in [6.45, 7) is 0. The Morgan fingerprint density at radius 1 is 1.25 bits per heavy atom. The summed E-state index contributed by atoms with van der Waals surface area (Å²) < 4.78 is 0. The van der Waals surface area contributed by atoms with Crippen molar-refractivity contribution in [1.82, 2.24) is 5.43 Å². The van der Waals surface area contributed by atoms with Gasteiger partial charge in [0.2, 0.25) is 0 Å². The second kappa shape index (κ2) is 5.54. The van der Waals surface area contributed by atoms with Crippen LogP contribution in [0.3, 0.4) is 0 Å². The van der Waals surface area contributed by atoms with Gasteiger partial charge in [0.1, 0.15) is 5.75 Å². The number of phenolic OH excluding ortho intramolecular Hbond substituents is 1. The Morgan fingerprint density at radius 2 is 2.00 bits per heavy atom. The predicted molar refractivity (Wildman–Crippen MR) is 82.5 cm³/mol. The van der Waals surface area contributed by atoms with Crippen molar-refractivity contribution in [2.75, 3.05) is 11.5 Å². The van der Waals surface area contributed by atoms with Gasteiger partial charge in [-0.1, -0.05) is 24.3 Å². The average Bonchev–Trinajstić information content (AvgIpc) is 2.97. The molecule has 1 heterocycles. The van der Waals surface area contributed by atoms with E-state index >= 15 is 0 Å². The van der Waals surface area contributed by atoms with Crippen LogP contribution >= 0.6 is 11.8 Å². The minimum atomic E-state index is -0.377. The van der Waals surface area contributed by atoms with Gasteiger partial charge in [0, 0.05) is 11.5 Å². The lowest BCUT2D eigenvalue weighted by molar-refractivity contribution is 0.0952. The zero-order valence-electron chi connectivity index (χ0n) is 10.8. The van der Waals surface area contributed by atoms with Gasteiger partial charge in [-0.2, -0.15) is 16.9 Å². The summed E-state index contributed by atoms with van der Waals surface area (Å²) in [5, 5.41) is 15.9. The van der Waals surface area contributed by atoms with Gasteiger partial charge in [-0.3, -0.25) is 4.79 Å². The van der Waals surface area contributed by atoms with Gasteiger partial charge >= 0.3 is 0 Å². The minimum Gasteiger partial charge on any atom is -0.507 e. The molecule has 0 saturated carbocycles. The second-order valence-corrected chi connectivity index (χ2v) is 5.74. The Kier molecular flexibility index (Phi) is 3.60. The second-order valence-electron chi connectivity index (χ2n) is 4.64. The summed E-state index contributed by atoms with van der Waals surface area (Å²) in [7, 11) is 0. The van der Waals surface area contributed by atoms with Crippen LogP contribution in [0.4, 0.5) is 0 Å². The normalized spacial score (nSPS) is 16.7. The highest BCUT2D eigenvalue weighted by Gasteiger charge is 2.13. The number of hydrogen-bond acceptors (Lipinski definition) is 4. The average molecular weight is 286 g/mol. The molecule has 1 fully saturated rings. The smallest absolute Gasteiger partial charge is 0.275 e. The first-order valence-electron chi connectivity index (χ1n) is 6.39. The zero-order valence-corrected chi connectivity index (χ0v) is 11.6. The molecule has 1 aliphatic rings. The van der Waals surface area contributed by atoms with Crippen molar-refractivity contribution in [1.29, 1.82) is 0 Å². The molecule has 4 nitrogen and oxygen atoms in total.